The number of hydrogen-bond acceptors (Lipinski definition) is 2. The largest absolute Gasteiger partial charge is 0.411 e. The molecule has 1 unspecified atom stereocenters. The van der Waals surface area contributed by atoms with Gasteiger partial charge in [0.2, 0.25) is 5.91 Å². The van der Waals surface area contributed by atoms with Crippen LogP contribution in [0.15, 0.2) is 0 Å². The van der Waals surface area contributed by atoms with E-state index in [1.165, 1.54) is 0 Å². The lowest BCUT2D eigenvalue weighted by Crippen LogP contribution is -2.55. The van der Waals surface area contributed by atoms with E-state index in [0.29, 0.717) is 13.0 Å². The molecule has 2 fully saturated rings. The Balaban J connectivity index is 1.92. The summed E-state index contributed by atoms with van der Waals surface area (Å²) in [7, 11) is 0. The zero-order valence-corrected chi connectivity index (χ0v) is 8.86. The highest BCUT2D eigenvalue weighted by atomic mass is 19.4. The first kappa shape index (κ1) is 11.7. The number of piperidine rings is 1. The smallest absolute Gasteiger partial charge is 0.341 e. The molecule has 1 saturated heterocycles. The van der Waals surface area contributed by atoms with Crippen LogP contribution in [0.1, 0.15) is 32.1 Å². The molecule has 0 aromatic heterocycles. The van der Waals surface area contributed by atoms with Crippen molar-refractivity contribution in [2.45, 2.75) is 49.9 Å². The van der Waals surface area contributed by atoms with Crippen molar-refractivity contribution in [2.24, 2.45) is 0 Å². The Bertz CT molecular complexity index is 280. The molecule has 16 heavy (non-hydrogen) atoms. The molecule has 1 saturated carbocycles. The van der Waals surface area contributed by atoms with E-state index in [9.17, 15) is 18.0 Å². The van der Waals surface area contributed by atoms with Gasteiger partial charge < -0.3 is 10.6 Å². The predicted molar refractivity (Wildman–Crippen MR) is 51.8 cm³/mol. The predicted octanol–water partition coefficient (Wildman–Crippen LogP) is 1.34. The lowest BCUT2D eigenvalue weighted by Gasteiger charge is -2.27. The fourth-order valence-corrected chi connectivity index (χ4v) is 2.00. The molecule has 2 aliphatic rings. The Morgan fingerprint density at radius 1 is 1.31 bits per heavy atom. The number of rotatable bonds is 2. The van der Waals surface area contributed by atoms with Crippen LogP contribution in [0.5, 0.6) is 0 Å². The first-order valence-electron chi connectivity index (χ1n) is 5.57. The molecule has 6 heteroatoms. The molecule has 1 atom stereocenters. The summed E-state index contributed by atoms with van der Waals surface area (Å²) in [5.41, 5.74) is -1.93. The number of hydrogen-bond donors (Lipinski definition) is 2. The SMILES string of the molecule is O=C(NC1(C(F)(F)F)CC1)C1CCCCN1. The number of nitrogens with one attached hydrogen (secondary N) is 2. The summed E-state index contributed by atoms with van der Waals surface area (Å²) in [5.74, 6) is -0.505. The monoisotopic (exact) mass is 236 g/mol. The lowest BCUT2D eigenvalue weighted by atomic mass is 10.0. The Hall–Kier alpha value is -0.780. The van der Waals surface area contributed by atoms with Gasteiger partial charge in [-0.3, -0.25) is 4.79 Å². The van der Waals surface area contributed by atoms with Crippen molar-refractivity contribution < 1.29 is 18.0 Å². The van der Waals surface area contributed by atoms with Gasteiger partial charge in [0.05, 0.1) is 6.04 Å². The van der Waals surface area contributed by atoms with Crippen LogP contribution in [-0.2, 0) is 4.79 Å². The average Bonchev–Trinajstić information content (AvgIpc) is 2.99. The number of amides is 1. The Kier molecular flexibility index (Phi) is 2.86. The molecular weight excluding hydrogens is 221 g/mol. The summed E-state index contributed by atoms with van der Waals surface area (Å²) in [5, 5.41) is 5.09. The molecule has 3 nitrogen and oxygen atoms in total. The third kappa shape index (κ3) is 2.16. The maximum Gasteiger partial charge on any atom is 0.411 e. The van der Waals surface area contributed by atoms with Gasteiger partial charge in [0.1, 0.15) is 5.54 Å². The lowest BCUT2D eigenvalue weighted by molar-refractivity contribution is -0.171. The zero-order chi connectivity index (χ0) is 11.8. The van der Waals surface area contributed by atoms with Crippen LogP contribution in [0.25, 0.3) is 0 Å². The Morgan fingerprint density at radius 2 is 2.00 bits per heavy atom. The van der Waals surface area contributed by atoms with Gasteiger partial charge in [-0.05, 0) is 32.2 Å². The molecule has 0 spiro atoms. The van der Waals surface area contributed by atoms with Gasteiger partial charge in [-0.25, -0.2) is 0 Å². The van der Waals surface area contributed by atoms with Gasteiger partial charge >= 0.3 is 6.18 Å². The van der Waals surface area contributed by atoms with Crippen molar-refractivity contribution in [3.8, 4) is 0 Å². The van der Waals surface area contributed by atoms with Gasteiger partial charge in [0.25, 0.3) is 0 Å². The molecule has 0 aromatic carbocycles. The van der Waals surface area contributed by atoms with Gasteiger partial charge in [-0.1, -0.05) is 6.42 Å². The van der Waals surface area contributed by atoms with E-state index in [0.717, 1.165) is 12.8 Å². The van der Waals surface area contributed by atoms with Crippen molar-refractivity contribution in [3.63, 3.8) is 0 Å². The number of alkyl halides is 3. The number of carbonyl (C=O) groups is 1. The van der Waals surface area contributed by atoms with Crippen LogP contribution in [0.4, 0.5) is 13.2 Å². The number of carbonyl (C=O) groups excluding carboxylic acids is 1. The minimum atomic E-state index is -4.32. The maximum absolute atomic E-state index is 12.6. The molecule has 0 aromatic rings. The summed E-state index contributed by atoms with van der Waals surface area (Å²) in [4.78, 5) is 11.6. The molecule has 2 rings (SSSR count). The van der Waals surface area contributed by atoms with Gasteiger partial charge in [0.15, 0.2) is 0 Å². The van der Waals surface area contributed by atoms with E-state index in [1.807, 2.05) is 0 Å². The zero-order valence-electron chi connectivity index (χ0n) is 8.86. The highest BCUT2D eigenvalue weighted by Gasteiger charge is 2.64. The fourth-order valence-electron chi connectivity index (χ4n) is 2.00. The van der Waals surface area contributed by atoms with E-state index in [1.54, 1.807) is 0 Å². The standard InChI is InChI=1S/C10H15F3N2O/c11-10(12,13)9(4-5-9)15-8(16)7-3-1-2-6-14-7/h7,14H,1-6H2,(H,15,16). The summed E-state index contributed by atoms with van der Waals surface area (Å²) in [6.45, 7) is 0.705. The van der Waals surface area contributed by atoms with Crippen LogP contribution < -0.4 is 10.6 Å². The van der Waals surface area contributed by atoms with Crippen LogP contribution in [0.3, 0.4) is 0 Å². The second kappa shape index (κ2) is 3.91. The first-order valence-corrected chi connectivity index (χ1v) is 5.57. The molecule has 1 amide bonds. The van der Waals surface area contributed by atoms with Crippen molar-refractivity contribution in [2.75, 3.05) is 6.54 Å². The maximum atomic E-state index is 12.6. The van der Waals surface area contributed by atoms with E-state index in [-0.39, 0.29) is 12.8 Å². The number of halogens is 3. The normalized spacial score (nSPS) is 28.6. The van der Waals surface area contributed by atoms with Crippen LogP contribution in [-0.4, -0.2) is 30.2 Å². The molecule has 1 aliphatic carbocycles. The Morgan fingerprint density at radius 3 is 2.44 bits per heavy atom. The van der Waals surface area contributed by atoms with Crippen molar-refractivity contribution in [3.05, 3.63) is 0 Å². The first-order chi connectivity index (χ1) is 7.45. The molecule has 92 valence electrons. The molecular formula is C10H15F3N2O. The van der Waals surface area contributed by atoms with Gasteiger partial charge in [-0.2, -0.15) is 13.2 Å². The third-order valence-corrected chi connectivity index (χ3v) is 3.28. The highest BCUT2D eigenvalue weighted by molar-refractivity contribution is 5.83. The van der Waals surface area contributed by atoms with Crippen molar-refractivity contribution in [1.82, 2.24) is 10.6 Å². The summed E-state index contributed by atoms with van der Waals surface area (Å²) < 4.78 is 37.8. The molecule has 1 aliphatic heterocycles. The fraction of sp³-hybridized carbons (Fsp3) is 0.900. The summed E-state index contributed by atoms with van der Waals surface area (Å²) in [6.07, 6.45) is -1.81. The minimum Gasteiger partial charge on any atom is -0.341 e. The molecule has 0 bridgehead atoms. The van der Waals surface area contributed by atoms with E-state index < -0.39 is 23.7 Å². The Labute approximate surface area is 91.8 Å². The van der Waals surface area contributed by atoms with Crippen molar-refractivity contribution >= 4 is 5.91 Å². The third-order valence-electron chi connectivity index (χ3n) is 3.28. The second-order valence-electron chi connectivity index (χ2n) is 4.57. The molecule has 2 N–H and O–H groups in total. The van der Waals surface area contributed by atoms with Crippen molar-refractivity contribution in [1.29, 1.82) is 0 Å². The topological polar surface area (TPSA) is 41.1 Å². The molecule has 0 radical (unpaired) electrons. The highest BCUT2D eigenvalue weighted by Crippen LogP contribution is 2.48. The summed E-state index contributed by atoms with van der Waals surface area (Å²) in [6, 6.07) is -0.450. The minimum absolute atomic E-state index is 0.00889. The second-order valence-corrected chi connectivity index (χ2v) is 4.57. The molecule has 1 heterocycles. The van der Waals surface area contributed by atoms with Crippen LogP contribution >= 0.6 is 0 Å². The quantitative estimate of drug-likeness (QED) is 0.759. The van der Waals surface area contributed by atoms with E-state index in [2.05, 4.69) is 10.6 Å². The van der Waals surface area contributed by atoms with Crippen LogP contribution in [0, 0.1) is 0 Å². The van der Waals surface area contributed by atoms with E-state index in [4.69, 9.17) is 0 Å². The van der Waals surface area contributed by atoms with Gasteiger partial charge in [-0.15, -0.1) is 0 Å². The average molecular weight is 236 g/mol. The summed E-state index contributed by atoms with van der Waals surface area (Å²) >= 11 is 0. The van der Waals surface area contributed by atoms with Gasteiger partial charge in [0, 0.05) is 0 Å². The van der Waals surface area contributed by atoms with E-state index >= 15 is 0 Å². The van der Waals surface area contributed by atoms with Crippen LogP contribution in [0.2, 0.25) is 0 Å².